The van der Waals surface area contributed by atoms with Gasteiger partial charge >= 0.3 is 23.1 Å². The first-order valence-corrected chi connectivity index (χ1v) is 3.44. The summed E-state index contributed by atoms with van der Waals surface area (Å²) in [7, 11) is 0. The van der Waals surface area contributed by atoms with Crippen molar-refractivity contribution in [2.24, 2.45) is 0 Å². The predicted molar refractivity (Wildman–Crippen MR) is 61.9 cm³/mol. The topological polar surface area (TPSA) is 0 Å². The van der Waals surface area contributed by atoms with E-state index in [2.05, 4.69) is 32.9 Å². The Bertz CT molecular complexity index is 170. The first-order valence-electron chi connectivity index (χ1n) is 3.44. The fourth-order valence-electron chi connectivity index (χ4n) is 0.747. The van der Waals surface area contributed by atoms with Crippen molar-refractivity contribution in [3.05, 3.63) is 42.3 Å². The van der Waals surface area contributed by atoms with Crippen molar-refractivity contribution in [3.8, 4) is 0 Å². The quantitative estimate of drug-likeness (QED) is 0.482. The summed E-state index contributed by atoms with van der Waals surface area (Å²) in [4.78, 5) is 0. The molecule has 2 heteroatoms. The van der Waals surface area contributed by atoms with Crippen molar-refractivity contribution >= 4 is 40.0 Å². The molecule has 0 fully saturated rings. The van der Waals surface area contributed by atoms with E-state index in [1.54, 1.807) is 6.92 Å². The van der Waals surface area contributed by atoms with Gasteiger partial charge < -0.3 is 6.92 Å². The summed E-state index contributed by atoms with van der Waals surface area (Å²) in [5.41, 5.74) is 2.56. The van der Waals surface area contributed by atoms with E-state index in [4.69, 9.17) is 0 Å². The molecule has 0 spiro atoms. The van der Waals surface area contributed by atoms with Crippen LogP contribution in [0.5, 0.6) is 0 Å². The molecular formula is C10H15BrMg. The third-order valence-corrected chi connectivity index (χ3v) is 1.08. The smallest absolute Gasteiger partial charge is 0.346 e. The second-order valence-electron chi connectivity index (χ2n) is 2.09. The van der Waals surface area contributed by atoms with Crippen LogP contribution in [0.1, 0.15) is 18.1 Å². The summed E-state index contributed by atoms with van der Waals surface area (Å²) >= 11 is 0. The summed E-state index contributed by atoms with van der Waals surface area (Å²) in [6.07, 6.45) is 0. The standard InChI is InChI=1S/C8H9.C2H5.BrH.Mg/c1-7-4-3-5-8(2)6-7;1-2;;/h4-6H,1-2H3;1H2,2H3;1H;/q2*-1;;+2. The summed E-state index contributed by atoms with van der Waals surface area (Å²) < 4.78 is 0. The van der Waals surface area contributed by atoms with Crippen LogP contribution in [0.4, 0.5) is 0 Å². The minimum atomic E-state index is 0. The first kappa shape index (κ1) is 18.3. The molecule has 0 aromatic heterocycles. The second kappa shape index (κ2) is 11.5. The van der Waals surface area contributed by atoms with Crippen molar-refractivity contribution in [2.45, 2.75) is 20.8 Å². The molecule has 0 amide bonds. The molecule has 12 heavy (non-hydrogen) atoms. The molecule has 1 rings (SSSR count). The van der Waals surface area contributed by atoms with Crippen LogP contribution < -0.4 is 0 Å². The normalized spacial score (nSPS) is 6.67. The van der Waals surface area contributed by atoms with Gasteiger partial charge in [-0.25, -0.2) is 0 Å². The molecule has 0 heterocycles. The van der Waals surface area contributed by atoms with E-state index in [1.165, 1.54) is 11.1 Å². The molecule has 0 saturated heterocycles. The van der Waals surface area contributed by atoms with E-state index < -0.39 is 0 Å². The zero-order valence-corrected chi connectivity index (χ0v) is 11.2. The molecule has 0 radical (unpaired) electrons. The van der Waals surface area contributed by atoms with Crippen LogP contribution in [0, 0.1) is 26.8 Å². The minimum Gasteiger partial charge on any atom is -0.346 e. The Labute approximate surface area is 103 Å². The molecule has 0 nitrogen and oxygen atoms in total. The molecular weight excluding hydrogens is 224 g/mol. The van der Waals surface area contributed by atoms with Crippen molar-refractivity contribution in [1.29, 1.82) is 0 Å². The van der Waals surface area contributed by atoms with E-state index in [9.17, 15) is 0 Å². The van der Waals surface area contributed by atoms with Crippen LogP contribution in [-0.2, 0) is 0 Å². The van der Waals surface area contributed by atoms with Crippen LogP contribution in [0.25, 0.3) is 0 Å². The van der Waals surface area contributed by atoms with Crippen LogP contribution in [0.3, 0.4) is 0 Å². The number of aryl methyl sites for hydroxylation is 2. The average Bonchev–Trinajstić information content (AvgIpc) is 1.91. The third-order valence-electron chi connectivity index (χ3n) is 1.08. The van der Waals surface area contributed by atoms with E-state index in [0.29, 0.717) is 0 Å². The number of hydrogen-bond acceptors (Lipinski definition) is 0. The fourth-order valence-corrected chi connectivity index (χ4v) is 0.747. The van der Waals surface area contributed by atoms with E-state index >= 15 is 0 Å². The number of benzene rings is 1. The molecule has 64 valence electrons. The maximum absolute atomic E-state index is 3.25. The molecule has 0 unspecified atom stereocenters. The molecule has 0 aliphatic heterocycles. The molecule has 1 aromatic carbocycles. The minimum absolute atomic E-state index is 0. The average molecular weight is 239 g/mol. The van der Waals surface area contributed by atoms with E-state index in [-0.39, 0.29) is 40.0 Å². The van der Waals surface area contributed by atoms with Crippen LogP contribution in [0.15, 0.2) is 18.2 Å². The molecule has 0 aliphatic rings. The van der Waals surface area contributed by atoms with Gasteiger partial charge in [-0.2, -0.15) is 42.3 Å². The summed E-state index contributed by atoms with van der Waals surface area (Å²) in [6, 6.07) is 9.12. The number of rotatable bonds is 0. The zero-order valence-electron chi connectivity index (χ0n) is 8.05. The van der Waals surface area contributed by atoms with Gasteiger partial charge in [-0.3, -0.25) is 0 Å². The van der Waals surface area contributed by atoms with Crippen LogP contribution in [-0.4, -0.2) is 23.1 Å². The largest absolute Gasteiger partial charge is 2.00 e. The van der Waals surface area contributed by atoms with Crippen molar-refractivity contribution in [1.82, 2.24) is 0 Å². The van der Waals surface area contributed by atoms with Gasteiger partial charge in [0.2, 0.25) is 0 Å². The molecule has 1 aromatic rings. The Balaban J connectivity index is -0.000000189. The predicted octanol–water partition coefficient (Wildman–Crippen LogP) is 3.14. The van der Waals surface area contributed by atoms with Crippen molar-refractivity contribution in [3.63, 3.8) is 0 Å². The molecule has 0 bridgehead atoms. The van der Waals surface area contributed by atoms with Gasteiger partial charge in [0.15, 0.2) is 0 Å². The van der Waals surface area contributed by atoms with Gasteiger partial charge in [0.1, 0.15) is 0 Å². The van der Waals surface area contributed by atoms with Gasteiger partial charge in [0.25, 0.3) is 0 Å². The van der Waals surface area contributed by atoms with Crippen LogP contribution in [0.2, 0.25) is 0 Å². The second-order valence-corrected chi connectivity index (χ2v) is 2.09. The number of halogens is 1. The Kier molecular flexibility index (Phi) is 17.5. The maximum atomic E-state index is 3.25. The number of hydrogen-bond donors (Lipinski definition) is 0. The monoisotopic (exact) mass is 238 g/mol. The van der Waals surface area contributed by atoms with Gasteiger partial charge in [-0.1, -0.05) is 13.8 Å². The summed E-state index contributed by atoms with van der Waals surface area (Å²) in [6.45, 7) is 9.15. The van der Waals surface area contributed by atoms with Gasteiger partial charge in [-0.05, 0) is 0 Å². The van der Waals surface area contributed by atoms with Crippen LogP contribution >= 0.6 is 17.0 Å². The third kappa shape index (κ3) is 8.56. The fraction of sp³-hybridized carbons (Fsp3) is 0.300. The molecule has 0 N–H and O–H groups in total. The Morgan fingerprint density at radius 2 is 1.42 bits per heavy atom. The van der Waals surface area contributed by atoms with E-state index in [0.717, 1.165) is 0 Å². The first-order chi connectivity index (χ1) is 4.79. The van der Waals surface area contributed by atoms with Crippen molar-refractivity contribution < 1.29 is 0 Å². The Morgan fingerprint density at radius 1 is 1.08 bits per heavy atom. The Hall–Kier alpha value is 0.466. The Morgan fingerprint density at radius 3 is 1.58 bits per heavy atom. The van der Waals surface area contributed by atoms with E-state index in [1.807, 2.05) is 12.1 Å². The molecule has 0 atom stereocenters. The summed E-state index contributed by atoms with van der Waals surface area (Å²) in [5.74, 6) is 0. The SMILES string of the molecule is Br.Cc1c[c-]cc(C)c1.[CH2-]C.[Mg+2]. The zero-order chi connectivity index (χ0) is 7.98. The molecule has 0 aliphatic carbocycles. The summed E-state index contributed by atoms with van der Waals surface area (Å²) in [5, 5.41) is 0. The van der Waals surface area contributed by atoms with Crippen molar-refractivity contribution in [2.75, 3.05) is 0 Å². The van der Waals surface area contributed by atoms with Gasteiger partial charge in [-0.15, -0.1) is 17.0 Å². The molecule has 0 saturated carbocycles. The van der Waals surface area contributed by atoms with Gasteiger partial charge in [0.05, 0.1) is 0 Å². The van der Waals surface area contributed by atoms with Gasteiger partial charge in [0, 0.05) is 0 Å². The maximum Gasteiger partial charge on any atom is 2.00 e.